The number of aromatic nitrogens is 1. The Morgan fingerprint density at radius 2 is 1.93 bits per heavy atom. The standard InChI is InChI=1S/C12H11NO/c1-13-11(9-14)7-8-12(13)10-5-3-2-4-6-10/h2-9H,1H3/i9D. The van der Waals surface area contributed by atoms with Crippen LogP contribution in [0.1, 0.15) is 11.9 Å². The van der Waals surface area contributed by atoms with Gasteiger partial charge in [-0.2, -0.15) is 0 Å². The van der Waals surface area contributed by atoms with Gasteiger partial charge in [0.2, 0.25) is 0 Å². The van der Waals surface area contributed by atoms with Crippen molar-refractivity contribution in [3.63, 3.8) is 0 Å². The van der Waals surface area contributed by atoms with Gasteiger partial charge in [-0.25, -0.2) is 0 Å². The molecule has 1 heterocycles. The van der Waals surface area contributed by atoms with Gasteiger partial charge in [0.15, 0.2) is 6.26 Å². The Bertz CT molecular complexity index is 488. The summed E-state index contributed by atoms with van der Waals surface area (Å²) < 4.78 is 8.82. The second kappa shape index (κ2) is 3.50. The molecule has 70 valence electrons. The molecule has 2 heteroatoms. The summed E-state index contributed by atoms with van der Waals surface area (Å²) in [6.45, 7) is 0. The molecular weight excluding hydrogens is 174 g/mol. The maximum absolute atomic E-state index is 11.0. The average Bonchev–Trinajstić information content (AvgIpc) is 2.61. The van der Waals surface area contributed by atoms with Gasteiger partial charge in [0.05, 0.1) is 5.69 Å². The number of rotatable bonds is 2. The number of benzene rings is 1. The summed E-state index contributed by atoms with van der Waals surface area (Å²) >= 11 is 0. The van der Waals surface area contributed by atoms with E-state index < -0.39 is 6.26 Å². The first kappa shape index (κ1) is 7.56. The van der Waals surface area contributed by atoms with E-state index in [0.717, 1.165) is 11.3 Å². The molecular formula is C12H11NO. The van der Waals surface area contributed by atoms with Gasteiger partial charge in [-0.05, 0) is 17.7 Å². The largest absolute Gasteiger partial charge is 0.341 e. The predicted octanol–water partition coefficient (Wildman–Crippen LogP) is 2.50. The van der Waals surface area contributed by atoms with E-state index in [1.165, 1.54) is 0 Å². The van der Waals surface area contributed by atoms with Gasteiger partial charge in [-0.1, -0.05) is 30.3 Å². The zero-order valence-electron chi connectivity index (χ0n) is 8.90. The molecule has 0 aliphatic carbocycles. The molecule has 2 aromatic rings. The first-order chi connectivity index (χ1) is 7.20. The van der Waals surface area contributed by atoms with E-state index in [9.17, 15) is 4.79 Å². The molecule has 0 aliphatic rings. The van der Waals surface area contributed by atoms with Crippen LogP contribution in [-0.4, -0.2) is 10.8 Å². The van der Waals surface area contributed by atoms with Gasteiger partial charge in [-0.15, -0.1) is 0 Å². The molecule has 1 aromatic carbocycles. The zero-order valence-corrected chi connectivity index (χ0v) is 7.90. The van der Waals surface area contributed by atoms with Crippen LogP contribution in [0.5, 0.6) is 0 Å². The smallest absolute Gasteiger partial charge is 0.166 e. The molecule has 0 unspecified atom stereocenters. The van der Waals surface area contributed by atoms with Crippen molar-refractivity contribution in [1.82, 2.24) is 4.57 Å². The van der Waals surface area contributed by atoms with Crippen LogP contribution in [0.3, 0.4) is 0 Å². The van der Waals surface area contributed by atoms with Gasteiger partial charge >= 0.3 is 0 Å². The highest BCUT2D eigenvalue weighted by Gasteiger charge is 2.04. The molecule has 0 spiro atoms. The molecule has 0 atom stereocenters. The Hall–Kier alpha value is -1.83. The minimum absolute atomic E-state index is 0.411. The van der Waals surface area contributed by atoms with E-state index in [1.807, 2.05) is 36.4 Å². The number of carbonyl (C=O) groups is 1. The lowest BCUT2D eigenvalue weighted by Gasteiger charge is -2.03. The van der Waals surface area contributed by atoms with Gasteiger partial charge in [0, 0.05) is 12.7 Å². The molecule has 2 rings (SSSR count). The highest BCUT2D eigenvalue weighted by atomic mass is 16.1. The Balaban J connectivity index is 2.52. The predicted molar refractivity (Wildman–Crippen MR) is 56.2 cm³/mol. The van der Waals surface area contributed by atoms with Crippen molar-refractivity contribution in [3.8, 4) is 11.3 Å². The quantitative estimate of drug-likeness (QED) is 0.660. The lowest BCUT2D eigenvalue weighted by Crippen LogP contribution is -1.96. The summed E-state index contributed by atoms with van der Waals surface area (Å²) in [6, 6.07) is 13.3. The first-order valence-corrected chi connectivity index (χ1v) is 4.42. The second-order valence-corrected chi connectivity index (χ2v) is 3.13. The summed E-state index contributed by atoms with van der Waals surface area (Å²) in [4.78, 5) is 11.0. The maximum Gasteiger partial charge on any atom is 0.166 e. The lowest BCUT2D eigenvalue weighted by atomic mass is 10.2. The van der Waals surface area contributed by atoms with Crippen LogP contribution in [-0.2, 0) is 7.05 Å². The highest BCUT2D eigenvalue weighted by molar-refractivity contribution is 5.76. The summed E-state index contributed by atoms with van der Waals surface area (Å²) in [5.41, 5.74) is 2.41. The third kappa shape index (κ3) is 1.35. The van der Waals surface area contributed by atoms with Crippen LogP contribution < -0.4 is 0 Å². The normalized spacial score (nSPS) is 11.1. The van der Waals surface area contributed by atoms with Crippen molar-refractivity contribution >= 4 is 6.26 Å². The van der Waals surface area contributed by atoms with Crippen LogP contribution >= 0.6 is 0 Å². The van der Waals surface area contributed by atoms with E-state index >= 15 is 0 Å². The van der Waals surface area contributed by atoms with Crippen molar-refractivity contribution in [2.45, 2.75) is 0 Å². The van der Waals surface area contributed by atoms with E-state index in [1.54, 1.807) is 17.7 Å². The molecule has 0 saturated heterocycles. The summed E-state index contributed by atoms with van der Waals surface area (Å²) in [6.07, 6.45) is -0.653. The molecule has 0 saturated carbocycles. The molecule has 0 fully saturated rings. The molecule has 14 heavy (non-hydrogen) atoms. The van der Waals surface area contributed by atoms with Gasteiger partial charge < -0.3 is 4.57 Å². The van der Waals surface area contributed by atoms with E-state index in [4.69, 9.17) is 1.37 Å². The van der Waals surface area contributed by atoms with E-state index in [0.29, 0.717) is 5.69 Å². The molecule has 2 nitrogen and oxygen atoms in total. The fourth-order valence-electron chi connectivity index (χ4n) is 1.51. The van der Waals surface area contributed by atoms with E-state index in [2.05, 4.69) is 0 Å². The van der Waals surface area contributed by atoms with Gasteiger partial charge in [0.25, 0.3) is 0 Å². The number of hydrogen-bond acceptors (Lipinski definition) is 1. The van der Waals surface area contributed by atoms with Crippen LogP contribution in [0.2, 0.25) is 0 Å². The second-order valence-electron chi connectivity index (χ2n) is 3.13. The molecule has 0 aliphatic heterocycles. The molecule has 0 amide bonds. The third-order valence-corrected chi connectivity index (χ3v) is 2.30. The van der Waals surface area contributed by atoms with Crippen LogP contribution in [0.15, 0.2) is 42.5 Å². The monoisotopic (exact) mass is 186 g/mol. The van der Waals surface area contributed by atoms with Crippen molar-refractivity contribution in [2.24, 2.45) is 7.05 Å². The molecule has 0 N–H and O–H groups in total. The zero-order chi connectivity index (χ0) is 10.8. The Morgan fingerprint density at radius 3 is 2.50 bits per heavy atom. The number of hydrogen-bond donors (Lipinski definition) is 0. The lowest BCUT2D eigenvalue weighted by molar-refractivity contribution is 0.111. The third-order valence-electron chi connectivity index (χ3n) is 2.30. The Labute approximate surface area is 84.2 Å². The Morgan fingerprint density at radius 1 is 1.21 bits per heavy atom. The summed E-state index contributed by atoms with van der Waals surface area (Å²) in [7, 11) is 1.80. The average molecular weight is 186 g/mol. The van der Waals surface area contributed by atoms with Crippen molar-refractivity contribution in [2.75, 3.05) is 0 Å². The minimum atomic E-state index is -0.653. The number of carbonyl (C=O) groups excluding carboxylic acids is 1. The first-order valence-electron chi connectivity index (χ1n) is 4.92. The summed E-state index contributed by atoms with van der Waals surface area (Å²) in [5, 5.41) is 0. The highest BCUT2D eigenvalue weighted by Crippen LogP contribution is 2.20. The van der Waals surface area contributed by atoms with Crippen molar-refractivity contribution in [1.29, 1.82) is 0 Å². The van der Waals surface area contributed by atoms with Crippen molar-refractivity contribution in [3.05, 3.63) is 48.2 Å². The van der Waals surface area contributed by atoms with Crippen molar-refractivity contribution < 1.29 is 6.17 Å². The van der Waals surface area contributed by atoms with Gasteiger partial charge in [0.1, 0.15) is 1.37 Å². The fourth-order valence-corrected chi connectivity index (χ4v) is 1.51. The van der Waals surface area contributed by atoms with Crippen LogP contribution in [0.4, 0.5) is 0 Å². The van der Waals surface area contributed by atoms with Crippen LogP contribution in [0, 0.1) is 0 Å². The van der Waals surface area contributed by atoms with E-state index in [-0.39, 0.29) is 0 Å². The topological polar surface area (TPSA) is 22.0 Å². The van der Waals surface area contributed by atoms with Crippen LogP contribution in [0.25, 0.3) is 11.3 Å². The number of nitrogens with zero attached hydrogens (tertiary/aromatic N) is 1. The molecule has 0 radical (unpaired) electrons. The molecule has 0 bridgehead atoms. The number of aldehydes is 1. The Kier molecular flexibility index (Phi) is 1.89. The maximum atomic E-state index is 11.0. The molecule has 1 aromatic heterocycles. The van der Waals surface area contributed by atoms with Gasteiger partial charge in [-0.3, -0.25) is 4.79 Å². The SMILES string of the molecule is [2H]C(=O)c1ccc(-c2ccccc2)n1C. The minimum Gasteiger partial charge on any atom is -0.341 e. The fraction of sp³-hybridized carbons (Fsp3) is 0.0833. The summed E-state index contributed by atoms with van der Waals surface area (Å²) in [5.74, 6) is 0.